The van der Waals surface area contributed by atoms with Crippen molar-refractivity contribution >= 4 is 18.1 Å². The molecular formula is C15H16N2O5. The van der Waals surface area contributed by atoms with Gasteiger partial charge in [0, 0.05) is 11.6 Å². The number of amides is 1. The fourth-order valence-electron chi connectivity index (χ4n) is 1.45. The highest BCUT2D eigenvalue weighted by atomic mass is 16.6. The highest BCUT2D eigenvalue weighted by Crippen LogP contribution is 2.18. The number of carbonyl (C=O) groups excluding carboxylic acids is 2. The summed E-state index contributed by atoms with van der Waals surface area (Å²) in [7, 11) is 0. The van der Waals surface area contributed by atoms with Crippen molar-refractivity contribution in [1.29, 1.82) is 0 Å². The first kappa shape index (κ1) is 17.2. The molecule has 0 radical (unpaired) electrons. The molecular weight excluding hydrogens is 288 g/mol. The summed E-state index contributed by atoms with van der Waals surface area (Å²) in [6.45, 7) is 5.18. The third-order valence-electron chi connectivity index (χ3n) is 2.30. The second-order valence-electron chi connectivity index (χ2n) is 5.31. The lowest BCUT2D eigenvalue weighted by Gasteiger charge is -2.18. The maximum absolute atomic E-state index is 11.4. The Labute approximate surface area is 127 Å². The number of nitro groups is 1. The van der Waals surface area contributed by atoms with Crippen molar-refractivity contribution < 1.29 is 19.2 Å². The SMILES string of the molecule is CC(C)(C)OC(=O)NCC#Cc1ccc(C=O)cc1[N+](=O)[O-]. The van der Waals surface area contributed by atoms with Crippen LogP contribution in [-0.4, -0.2) is 29.4 Å². The van der Waals surface area contributed by atoms with Crippen LogP contribution in [0.3, 0.4) is 0 Å². The Morgan fingerprint density at radius 3 is 2.68 bits per heavy atom. The van der Waals surface area contributed by atoms with E-state index in [1.165, 1.54) is 12.1 Å². The molecule has 0 spiro atoms. The molecule has 0 unspecified atom stereocenters. The van der Waals surface area contributed by atoms with Gasteiger partial charge < -0.3 is 10.1 Å². The summed E-state index contributed by atoms with van der Waals surface area (Å²) in [4.78, 5) is 32.3. The van der Waals surface area contributed by atoms with Gasteiger partial charge in [0.1, 0.15) is 17.5 Å². The molecule has 1 aromatic carbocycles. The van der Waals surface area contributed by atoms with Gasteiger partial charge >= 0.3 is 6.09 Å². The maximum Gasteiger partial charge on any atom is 0.408 e. The first-order valence-corrected chi connectivity index (χ1v) is 6.42. The lowest BCUT2D eigenvalue weighted by Crippen LogP contribution is -2.32. The second-order valence-corrected chi connectivity index (χ2v) is 5.31. The quantitative estimate of drug-likeness (QED) is 0.400. The van der Waals surface area contributed by atoms with Gasteiger partial charge in [-0.25, -0.2) is 4.79 Å². The van der Waals surface area contributed by atoms with E-state index in [0.29, 0.717) is 6.29 Å². The van der Waals surface area contributed by atoms with Gasteiger partial charge in [-0.05, 0) is 32.9 Å². The van der Waals surface area contributed by atoms with Crippen LogP contribution in [0.15, 0.2) is 18.2 Å². The summed E-state index contributed by atoms with van der Waals surface area (Å²) in [5, 5.41) is 13.3. The minimum absolute atomic E-state index is 0.0124. The van der Waals surface area contributed by atoms with E-state index in [0.717, 1.165) is 6.07 Å². The number of ether oxygens (including phenoxy) is 1. The van der Waals surface area contributed by atoms with Crippen molar-refractivity contribution in [3.8, 4) is 11.8 Å². The lowest BCUT2D eigenvalue weighted by atomic mass is 10.1. The van der Waals surface area contributed by atoms with E-state index in [4.69, 9.17) is 4.74 Å². The molecule has 0 aliphatic heterocycles. The highest BCUT2D eigenvalue weighted by molar-refractivity contribution is 5.77. The number of nitrogens with zero attached hydrogens (tertiary/aromatic N) is 1. The van der Waals surface area contributed by atoms with Crippen LogP contribution in [0.5, 0.6) is 0 Å². The number of nitro benzene ring substituents is 1. The predicted molar refractivity (Wildman–Crippen MR) is 79.6 cm³/mol. The van der Waals surface area contributed by atoms with Gasteiger partial charge in [0.25, 0.3) is 5.69 Å². The third-order valence-corrected chi connectivity index (χ3v) is 2.30. The van der Waals surface area contributed by atoms with Crippen molar-refractivity contribution in [3.05, 3.63) is 39.4 Å². The van der Waals surface area contributed by atoms with Crippen LogP contribution in [0.4, 0.5) is 10.5 Å². The molecule has 1 N–H and O–H groups in total. The van der Waals surface area contributed by atoms with Crippen LogP contribution in [-0.2, 0) is 4.74 Å². The Hall–Kier alpha value is -2.88. The smallest absolute Gasteiger partial charge is 0.408 e. The molecule has 7 nitrogen and oxygen atoms in total. The molecule has 0 saturated heterocycles. The first-order chi connectivity index (χ1) is 10.2. The Kier molecular flexibility index (Phi) is 5.64. The van der Waals surface area contributed by atoms with Crippen LogP contribution in [0, 0.1) is 22.0 Å². The summed E-state index contributed by atoms with van der Waals surface area (Å²) in [6, 6.07) is 3.98. The van der Waals surface area contributed by atoms with Gasteiger partial charge in [0.15, 0.2) is 0 Å². The number of alkyl carbamates (subject to hydrolysis) is 1. The average Bonchev–Trinajstić information content (AvgIpc) is 2.41. The first-order valence-electron chi connectivity index (χ1n) is 6.42. The fraction of sp³-hybridized carbons (Fsp3) is 0.333. The molecule has 0 saturated carbocycles. The van der Waals surface area contributed by atoms with Crippen LogP contribution in [0.1, 0.15) is 36.7 Å². The number of aldehydes is 1. The molecule has 0 aromatic heterocycles. The summed E-state index contributed by atoms with van der Waals surface area (Å²) < 4.78 is 5.02. The molecule has 0 fully saturated rings. The summed E-state index contributed by atoms with van der Waals surface area (Å²) in [5.41, 5.74) is -0.499. The number of benzene rings is 1. The van der Waals surface area contributed by atoms with E-state index in [1.807, 2.05) is 0 Å². The van der Waals surface area contributed by atoms with E-state index in [-0.39, 0.29) is 23.4 Å². The van der Waals surface area contributed by atoms with Gasteiger partial charge in [-0.1, -0.05) is 11.8 Å². The van der Waals surface area contributed by atoms with Crippen LogP contribution < -0.4 is 5.32 Å². The van der Waals surface area contributed by atoms with Gasteiger partial charge in [-0.15, -0.1) is 0 Å². The standard InChI is InChI=1S/C15H16N2O5/c1-15(2,3)22-14(19)16-8-4-5-12-7-6-11(10-18)9-13(12)17(20)21/h6-7,9-10H,8H2,1-3H3,(H,16,19). The van der Waals surface area contributed by atoms with E-state index < -0.39 is 16.6 Å². The fourth-order valence-corrected chi connectivity index (χ4v) is 1.45. The number of rotatable bonds is 3. The summed E-state index contributed by atoms with van der Waals surface area (Å²) >= 11 is 0. The predicted octanol–water partition coefficient (Wildman–Crippen LogP) is 2.28. The molecule has 22 heavy (non-hydrogen) atoms. The zero-order chi connectivity index (χ0) is 16.8. The van der Waals surface area contributed by atoms with Crippen molar-refractivity contribution in [2.75, 3.05) is 6.54 Å². The number of nitrogens with one attached hydrogen (secondary N) is 1. The normalized spacial score (nSPS) is 10.1. The number of hydrogen-bond donors (Lipinski definition) is 1. The van der Waals surface area contributed by atoms with E-state index >= 15 is 0 Å². The van der Waals surface area contributed by atoms with E-state index in [2.05, 4.69) is 17.2 Å². The minimum atomic E-state index is -0.618. The second kappa shape index (κ2) is 7.22. The third kappa shape index (κ3) is 5.63. The zero-order valence-electron chi connectivity index (χ0n) is 12.5. The minimum Gasteiger partial charge on any atom is -0.444 e. The zero-order valence-corrected chi connectivity index (χ0v) is 12.5. The monoisotopic (exact) mass is 304 g/mol. The summed E-state index contributed by atoms with van der Waals surface area (Å²) in [5.74, 6) is 5.18. The molecule has 116 valence electrons. The molecule has 0 heterocycles. The summed E-state index contributed by atoms with van der Waals surface area (Å²) in [6.07, 6.45) is -0.0959. The van der Waals surface area contributed by atoms with Crippen LogP contribution >= 0.6 is 0 Å². The molecule has 1 rings (SSSR count). The van der Waals surface area contributed by atoms with Crippen molar-refractivity contribution in [2.24, 2.45) is 0 Å². The number of hydrogen-bond acceptors (Lipinski definition) is 5. The van der Waals surface area contributed by atoms with E-state index in [9.17, 15) is 19.7 Å². The van der Waals surface area contributed by atoms with Gasteiger partial charge in [-0.2, -0.15) is 0 Å². The highest BCUT2D eigenvalue weighted by Gasteiger charge is 2.15. The number of carbonyl (C=O) groups is 2. The van der Waals surface area contributed by atoms with Gasteiger partial charge in [0.05, 0.1) is 11.5 Å². The van der Waals surface area contributed by atoms with Crippen LogP contribution in [0.25, 0.3) is 0 Å². The Balaban J connectivity index is 2.74. The molecule has 0 aliphatic rings. The molecule has 0 atom stereocenters. The molecule has 1 aromatic rings. The molecule has 7 heteroatoms. The molecule has 1 amide bonds. The largest absolute Gasteiger partial charge is 0.444 e. The Morgan fingerprint density at radius 2 is 2.14 bits per heavy atom. The topological polar surface area (TPSA) is 98.5 Å². The maximum atomic E-state index is 11.4. The van der Waals surface area contributed by atoms with Crippen molar-refractivity contribution in [1.82, 2.24) is 5.32 Å². The average molecular weight is 304 g/mol. The molecule has 0 aliphatic carbocycles. The molecule has 0 bridgehead atoms. The van der Waals surface area contributed by atoms with Gasteiger partial charge in [-0.3, -0.25) is 14.9 Å². The van der Waals surface area contributed by atoms with Gasteiger partial charge in [0.2, 0.25) is 0 Å². The van der Waals surface area contributed by atoms with Crippen molar-refractivity contribution in [2.45, 2.75) is 26.4 Å². The lowest BCUT2D eigenvalue weighted by molar-refractivity contribution is -0.385. The Bertz CT molecular complexity index is 650. The van der Waals surface area contributed by atoms with Crippen molar-refractivity contribution in [3.63, 3.8) is 0 Å². The van der Waals surface area contributed by atoms with E-state index in [1.54, 1.807) is 20.8 Å². The van der Waals surface area contributed by atoms with Crippen LogP contribution in [0.2, 0.25) is 0 Å². The Morgan fingerprint density at radius 1 is 1.45 bits per heavy atom.